The number of hydrogen-bond acceptors (Lipinski definition) is 4. The van der Waals surface area contributed by atoms with Crippen LogP contribution in [0.1, 0.15) is 15.9 Å². The molecule has 112 valence electrons. The molecule has 0 spiro atoms. The first kappa shape index (κ1) is 14.0. The molecule has 1 N–H and O–H groups in total. The summed E-state index contributed by atoms with van der Waals surface area (Å²) in [5, 5.41) is 13.9. The second kappa shape index (κ2) is 6.66. The topological polar surface area (TPSA) is 77.6 Å². The lowest BCUT2D eigenvalue weighted by Gasteiger charge is -2.07. The van der Waals surface area contributed by atoms with Crippen molar-refractivity contribution < 1.29 is 4.79 Å². The average molecular weight is 296 g/mol. The average Bonchev–Trinajstić information content (AvgIpc) is 3.21. The van der Waals surface area contributed by atoms with Gasteiger partial charge in [-0.3, -0.25) is 4.79 Å². The van der Waals surface area contributed by atoms with E-state index in [4.69, 9.17) is 0 Å². The van der Waals surface area contributed by atoms with Crippen molar-refractivity contribution in [1.29, 1.82) is 0 Å². The maximum Gasteiger partial charge on any atom is 0.251 e. The van der Waals surface area contributed by atoms with Crippen LogP contribution in [0.2, 0.25) is 0 Å². The van der Waals surface area contributed by atoms with E-state index in [1.807, 2.05) is 53.4 Å². The van der Waals surface area contributed by atoms with Gasteiger partial charge in [-0.1, -0.05) is 12.1 Å². The second-order valence-corrected chi connectivity index (χ2v) is 4.88. The zero-order chi connectivity index (χ0) is 15.2. The van der Waals surface area contributed by atoms with E-state index in [1.54, 1.807) is 11.0 Å². The number of tetrazole rings is 1. The molecule has 3 rings (SSSR count). The van der Waals surface area contributed by atoms with E-state index < -0.39 is 0 Å². The number of nitrogens with zero attached hydrogens (tertiary/aromatic N) is 5. The van der Waals surface area contributed by atoms with E-state index in [0.29, 0.717) is 18.7 Å². The molecule has 22 heavy (non-hydrogen) atoms. The Labute approximate surface area is 127 Å². The van der Waals surface area contributed by atoms with Gasteiger partial charge in [0.2, 0.25) is 0 Å². The highest BCUT2D eigenvalue weighted by Gasteiger charge is 2.05. The van der Waals surface area contributed by atoms with Crippen molar-refractivity contribution in [3.8, 4) is 0 Å². The third kappa shape index (κ3) is 3.57. The summed E-state index contributed by atoms with van der Waals surface area (Å²) in [4.78, 5) is 12.0. The first-order valence-electron chi connectivity index (χ1n) is 7.00. The predicted octanol–water partition coefficient (Wildman–Crippen LogP) is 0.953. The van der Waals surface area contributed by atoms with Crippen LogP contribution in [0.15, 0.2) is 55.1 Å². The standard InChI is InChI=1S/C15H16N6O/c22-15(16-7-10-20-8-1-2-9-20)14-5-3-13(4-6-14)11-21-12-17-18-19-21/h1-6,8-9,12H,7,10-11H2,(H,16,22). The normalized spacial score (nSPS) is 10.5. The van der Waals surface area contributed by atoms with E-state index in [2.05, 4.69) is 20.8 Å². The summed E-state index contributed by atoms with van der Waals surface area (Å²) in [5.74, 6) is -0.0684. The second-order valence-electron chi connectivity index (χ2n) is 4.88. The number of aromatic nitrogens is 5. The molecule has 0 saturated heterocycles. The molecule has 0 unspecified atom stereocenters. The van der Waals surface area contributed by atoms with E-state index in [9.17, 15) is 4.79 Å². The number of hydrogen-bond donors (Lipinski definition) is 1. The molecule has 0 radical (unpaired) electrons. The molecule has 3 aromatic rings. The largest absolute Gasteiger partial charge is 0.353 e. The minimum Gasteiger partial charge on any atom is -0.353 e. The molecule has 0 saturated carbocycles. The van der Waals surface area contributed by atoms with Gasteiger partial charge in [-0.25, -0.2) is 4.68 Å². The SMILES string of the molecule is O=C(NCCn1cccc1)c1ccc(Cn2cnnn2)cc1. The minimum absolute atomic E-state index is 0.0684. The molecule has 0 aliphatic rings. The Bertz CT molecular complexity index is 703. The number of carbonyl (C=O) groups is 1. The highest BCUT2D eigenvalue weighted by Crippen LogP contribution is 2.05. The molecule has 1 aromatic carbocycles. The summed E-state index contributed by atoms with van der Waals surface area (Å²) in [6.07, 6.45) is 5.50. The van der Waals surface area contributed by atoms with E-state index >= 15 is 0 Å². The zero-order valence-electron chi connectivity index (χ0n) is 12.0. The van der Waals surface area contributed by atoms with E-state index in [-0.39, 0.29) is 5.91 Å². The van der Waals surface area contributed by atoms with Crippen molar-refractivity contribution in [2.45, 2.75) is 13.1 Å². The first-order valence-corrected chi connectivity index (χ1v) is 7.00. The lowest BCUT2D eigenvalue weighted by Crippen LogP contribution is -2.26. The van der Waals surface area contributed by atoms with Crippen molar-refractivity contribution in [1.82, 2.24) is 30.1 Å². The van der Waals surface area contributed by atoms with Crippen molar-refractivity contribution in [2.24, 2.45) is 0 Å². The molecule has 7 nitrogen and oxygen atoms in total. The van der Waals surface area contributed by atoms with Gasteiger partial charge < -0.3 is 9.88 Å². The summed E-state index contributed by atoms with van der Waals surface area (Å²) in [5.41, 5.74) is 1.68. The van der Waals surface area contributed by atoms with Crippen LogP contribution in [0.25, 0.3) is 0 Å². The Morgan fingerprint density at radius 3 is 2.59 bits per heavy atom. The van der Waals surface area contributed by atoms with Gasteiger partial charge in [-0.2, -0.15) is 0 Å². The van der Waals surface area contributed by atoms with Gasteiger partial charge in [0, 0.05) is 31.0 Å². The maximum atomic E-state index is 12.0. The lowest BCUT2D eigenvalue weighted by atomic mass is 10.1. The molecule has 0 fully saturated rings. The predicted molar refractivity (Wildman–Crippen MR) is 80.1 cm³/mol. The van der Waals surface area contributed by atoms with Crippen LogP contribution < -0.4 is 5.32 Å². The molecule has 0 bridgehead atoms. The number of nitrogens with one attached hydrogen (secondary N) is 1. The summed E-state index contributed by atoms with van der Waals surface area (Å²) < 4.78 is 3.65. The van der Waals surface area contributed by atoms with Gasteiger partial charge in [0.25, 0.3) is 5.91 Å². The highest BCUT2D eigenvalue weighted by atomic mass is 16.1. The highest BCUT2D eigenvalue weighted by molar-refractivity contribution is 5.94. The monoisotopic (exact) mass is 296 g/mol. The zero-order valence-corrected chi connectivity index (χ0v) is 12.0. The van der Waals surface area contributed by atoms with E-state index in [1.165, 1.54) is 0 Å². The van der Waals surface area contributed by atoms with Crippen molar-refractivity contribution in [2.75, 3.05) is 6.54 Å². The molecular formula is C15H16N6O. The molecular weight excluding hydrogens is 280 g/mol. The van der Waals surface area contributed by atoms with Gasteiger partial charge >= 0.3 is 0 Å². The fourth-order valence-corrected chi connectivity index (χ4v) is 2.12. The smallest absolute Gasteiger partial charge is 0.251 e. The fourth-order valence-electron chi connectivity index (χ4n) is 2.12. The van der Waals surface area contributed by atoms with Crippen LogP contribution in [0.3, 0.4) is 0 Å². The molecule has 7 heteroatoms. The Balaban J connectivity index is 1.52. The molecule has 0 atom stereocenters. The number of rotatable bonds is 6. The van der Waals surface area contributed by atoms with Crippen molar-refractivity contribution >= 4 is 5.91 Å². The van der Waals surface area contributed by atoms with Gasteiger partial charge in [-0.05, 0) is 40.3 Å². The molecule has 1 amide bonds. The van der Waals surface area contributed by atoms with Gasteiger partial charge in [-0.15, -0.1) is 5.10 Å². The Morgan fingerprint density at radius 2 is 1.91 bits per heavy atom. The van der Waals surface area contributed by atoms with Crippen LogP contribution in [0.5, 0.6) is 0 Å². The van der Waals surface area contributed by atoms with Crippen LogP contribution in [-0.2, 0) is 13.1 Å². The molecule has 0 aliphatic carbocycles. The Kier molecular flexibility index (Phi) is 4.24. The Hall–Kier alpha value is -2.96. The summed E-state index contributed by atoms with van der Waals surface area (Å²) in [6.45, 7) is 1.94. The van der Waals surface area contributed by atoms with Crippen LogP contribution in [-0.4, -0.2) is 37.2 Å². The summed E-state index contributed by atoms with van der Waals surface area (Å²) in [6, 6.07) is 11.4. The summed E-state index contributed by atoms with van der Waals surface area (Å²) >= 11 is 0. The third-order valence-corrected chi connectivity index (χ3v) is 3.27. The van der Waals surface area contributed by atoms with Crippen molar-refractivity contribution in [3.63, 3.8) is 0 Å². The van der Waals surface area contributed by atoms with Gasteiger partial charge in [0.1, 0.15) is 6.33 Å². The fraction of sp³-hybridized carbons (Fsp3) is 0.200. The maximum absolute atomic E-state index is 12.0. The van der Waals surface area contributed by atoms with Gasteiger partial charge in [0.05, 0.1) is 6.54 Å². The van der Waals surface area contributed by atoms with Gasteiger partial charge in [0.15, 0.2) is 0 Å². The quantitative estimate of drug-likeness (QED) is 0.735. The lowest BCUT2D eigenvalue weighted by molar-refractivity contribution is 0.0952. The van der Waals surface area contributed by atoms with Crippen LogP contribution in [0.4, 0.5) is 0 Å². The van der Waals surface area contributed by atoms with Crippen LogP contribution >= 0.6 is 0 Å². The summed E-state index contributed by atoms with van der Waals surface area (Å²) in [7, 11) is 0. The number of carbonyl (C=O) groups excluding carboxylic acids is 1. The first-order chi connectivity index (χ1) is 10.8. The van der Waals surface area contributed by atoms with Crippen LogP contribution in [0, 0.1) is 0 Å². The Morgan fingerprint density at radius 1 is 1.14 bits per heavy atom. The minimum atomic E-state index is -0.0684. The molecule has 0 aliphatic heterocycles. The van der Waals surface area contributed by atoms with E-state index in [0.717, 1.165) is 12.1 Å². The molecule has 2 aromatic heterocycles. The molecule has 2 heterocycles. The number of amides is 1. The number of benzene rings is 1. The van der Waals surface area contributed by atoms with Crippen molar-refractivity contribution in [3.05, 3.63) is 66.2 Å². The third-order valence-electron chi connectivity index (χ3n) is 3.27.